The monoisotopic (exact) mass is 277 g/mol. The summed E-state index contributed by atoms with van der Waals surface area (Å²) in [5.74, 6) is -0.528. The minimum Gasteiger partial charge on any atom is -0.372 e. The number of benzene rings is 1. The molecule has 3 nitrogen and oxygen atoms in total. The van der Waals surface area contributed by atoms with Crippen LogP contribution in [0.4, 0.5) is 14.5 Å². The van der Waals surface area contributed by atoms with Crippen LogP contribution in [0.5, 0.6) is 0 Å². The zero-order valence-electron chi connectivity index (χ0n) is 10.1. The first-order chi connectivity index (χ1) is 8.45. The minimum absolute atomic E-state index is 0.330. The third kappa shape index (κ3) is 3.92. The lowest BCUT2D eigenvalue weighted by atomic mass is 10.2. The topological polar surface area (TPSA) is 29.5 Å². The van der Waals surface area contributed by atoms with Crippen LogP contribution < -0.4 is 4.90 Å². The van der Waals surface area contributed by atoms with Crippen molar-refractivity contribution in [2.75, 3.05) is 18.6 Å². The third-order valence-electron chi connectivity index (χ3n) is 2.41. The Labute approximate surface area is 109 Å². The van der Waals surface area contributed by atoms with Crippen LogP contribution in [0.3, 0.4) is 0 Å². The molecule has 0 fully saturated rings. The Balaban J connectivity index is 3.01. The quantitative estimate of drug-likeness (QED) is 0.828. The molecule has 0 bridgehead atoms. The molecule has 0 radical (unpaired) electrons. The van der Waals surface area contributed by atoms with Gasteiger partial charge < -0.3 is 9.64 Å². The maximum absolute atomic E-state index is 12.5. The molecule has 1 aromatic rings. The number of alkyl halides is 2. The zero-order valence-corrected chi connectivity index (χ0v) is 10.8. The smallest absolute Gasteiger partial charge is 0.256 e. The van der Waals surface area contributed by atoms with Gasteiger partial charge in [-0.2, -0.15) is 0 Å². The molecule has 0 aliphatic heterocycles. The maximum Gasteiger partial charge on any atom is 0.256 e. The van der Waals surface area contributed by atoms with Crippen LogP contribution >= 0.6 is 11.6 Å². The summed E-state index contributed by atoms with van der Waals surface area (Å²) >= 11 is 5.79. The van der Waals surface area contributed by atoms with Crippen LogP contribution in [0.15, 0.2) is 24.3 Å². The number of anilines is 1. The molecular weight excluding hydrogens is 264 g/mol. The molecule has 1 atom stereocenters. The number of carbonyl (C=O) groups excluding carboxylic acids is 1. The van der Waals surface area contributed by atoms with Gasteiger partial charge in [0.15, 0.2) is 0 Å². The second-order valence-corrected chi connectivity index (χ2v) is 4.13. The van der Waals surface area contributed by atoms with Crippen LogP contribution in [-0.2, 0) is 9.53 Å². The fourth-order valence-corrected chi connectivity index (χ4v) is 1.61. The summed E-state index contributed by atoms with van der Waals surface area (Å²) in [6, 6.07) is 6.22. The second kappa shape index (κ2) is 6.66. The predicted octanol–water partition coefficient (Wildman–Crippen LogP) is 2.97. The van der Waals surface area contributed by atoms with E-state index in [0.29, 0.717) is 10.7 Å². The van der Waals surface area contributed by atoms with Crippen molar-refractivity contribution >= 4 is 23.2 Å². The van der Waals surface area contributed by atoms with Crippen LogP contribution in [0.1, 0.15) is 6.92 Å². The number of carbonyl (C=O) groups is 1. The maximum atomic E-state index is 12.5. The van der Waals surface area contributed by atoms with Gasteiger partial charge in [-0.05, 0) is 25.1 Å². The third-order valence-corrected chi connectivity index (χ3v) is 2.64. The summed E-state index contributed by atoms with van der Waals surface area (Å²) in [4.78, 5) is 12.9. The first kappa shape index (κ1) is 14.9. The minimum atomic E-state index is -2.63. The molecule has 100 valence electrons. The van der Waals surface area contributed by atoms with Crippen molar-refractivity contribution in [1.82, 2.24) is 0 Å². The number of amides is 1. The summed E-state index contributed by atoms with van der Waals surface area (Å²) in [5.41, 5.74) is 0.330. The first-order valence-electron chi connectivity index (χ1n) is 5.33. The molecule has 18 heavy (non-hydrogen) atoms. The van der Waals surface area contributed by atoms with Gasteiger partial charge in [-0.3, -0.25) is 4.79 Å². The van der Waals surface area contributed by atoms with Crippen LogP contribution in [0, 0.1) is 0 Å². The molecular formula is C12H14ClF2NO2. The van der Waals surface area contributed by atoms with E-state index in [0.717, 1.165) is 4.90 Å². The van der Waals surface area contributed by atoms with E-state index in [2.05, 4.69) is 0 Å². The van der Waals surface area contributed by atoms with E-state index in [1.807, 2.05) is 0 Å². The average molecular weight is 278 g/mol. The van der Waals surface area contributed by atoms with E-state index in [-0.39, 0.29) is 0 Å². The number of nitrogens with zero attached hydrogens (tertiary/aromatic N) is 1. The van der Waals surface area contributed by atoms with E-state index in [1.54, 1.807) is 18.2 Å². The van der Waals surface area contributed by atoms with Crippen LogP contribution in [0.25, 0.3) is 0 Å². The zero-order chi connectivity index (χ0) is 13.7. The summed E-state index contributed by atoms with van der Waals surface area (Å²) in [6.07, 6.45) is -3.42. The van der Waals surface area contributed by atoms with Crippen molar-refractivity contribution in [3.63, 3.8) is 0 Å². The fourth-order valence-electron chi connectivity index (χ4n) is 1.42. The van der Waals surface area contributed by atoms with Crippen LogP contribution in [0.2, 0.25) is 5.02 Å². The van der Waals surface area contributed by atoms with Crippen molar-refractivity contribution in [3.8, 4) is 0 Å². The molecule has 0 aliphatic carbocycles. The van der Waals surface area contributed by atoms with Gasteiger partial charge in [-0.25, -0.2) is 8.78 Å². The van der Waals surface area contributed by atoms with Gasteiger partial charge in [-0.15, -0.1) is 0 Å². The lowest BCUT2D eigenvalue weighted by Gasteiger charge is -2.25. The molecule has 0 aliphatic rings. The number of halogens is 3. The molecule has 0 saturated carbocycles. The van der Waals surface area contributed by atoms with Gasteiger partial charge in [0.1, 0.15) is 6.10 Å². The molecule has 0 spiro atoms. The fraction of sp³-hybridized carbons (Fsp3) is 0.417. The first-order valence-corrected chi connectivity index (χ1v) is 5.71. The van der Waals surface area contributed by atoms with Crippen molar-refractivity contribution in [2.45, 2.75) is 19.5 Å². The van der Waals surface area contributed by atoms with Gasteiger partial charge in [-0.1, -0.05) is 17.7 Å². The number of ether oxygens (including phenoxy) is 1. The van der Waals surface area contributed by atoms with Crippen LogP contribution in [-0.4, -0.2) is 32.1 Å². The number of hydrogen-bond acceptors (Lipinski definition) is 2. The summed E-state index contributed by atoms with van der Waals surface area (Å²) in [5, 5.41) is 0.379. The van der Waals surface area contributed by atoms with E-state index in [9.17, 15) is 13.6 Å². The van der Waals surface area contributed by atoms with Gasteiger partial charge in [0.2, 0.25) is 0 Å². The Morgan fingerprint density at radius 3 is 2.67 bits per heavy atom. The summed E-state index contributed by atoms with van der Waals surface area (Å²) in [6.45, 7) is 0.818. The highest BCUT2D eigenvalue weighted by Crippen LogP contribution is 2.21. The Kier molecular flexibility index (Phi) is 5.50. The van der Waals surface area contributed by atoms with Crippen molar-refractivity contribution in [1.29, 1.82) is 0 Å². The SMILES string of the molecule is CO[C@@H](C)C(=O)N(CC(F)F)c1cccc(Cl)c1. The second-order valence-electron chi connectivity index (χ2n) is 3.70. The Hall–Kier alpha value is -1.20. The Morgan fingerprint density at radius 2 is 2.17 bits per heavy atom. The summed E-state index contributed by atoms with van der Waals surface area (Å²) in [7, 11) is 1.35. The van der Waals surface area contributed by atoms with E-state index < -0.39 is 25.0 Å². The molecule has 1 rings (SSSR count). The standard InChI is InChI=1S/C12H14ClF2NO2/c1-8(18-2)12(17)16(7-11(14)15)10-5-3-4-9(13)6-10/h3-6,8,11H,7H2,1-2H3/t8-/m0/s1. The predicted molar refractivity (Wildman–Crippen MR) is 66.3 cm³/mol. The summed E-state index contributed by atoms with van der Waals surface area (Å²) < 4.78 is 29.9. The van der Waals surface area contributed by atoms with Gasteiger partial charge in [0, 0.05) is 17.8 Å². The molecule has 0 aromatic heterocycles. The van der Waals surface area contributed by atoms with Crippen molar-refractivity contribution in [3.05, 3.63) is 29.3 Å². The number of methoxy groups -OCH3 is 1. The number of rotatable bonds is 5. The van der Waals surface area contributed by atoms with Crippen molar-refractivity contribution in [2.24, 2.45) is 0 Å². The van der Waals surface area contributed by atoms with Gasteiger partial charge >= 0.3 is 0 Å². The molecule has 0 saturated heterocycles. The highest BCUT2D eigenvalue weighted by Gasteiger charge is 2.24. The number of hydrogen-bond donors (Lipinski definition) is 0. The highest BCUT2D eigenvalue weighted by atomic mass is 35.5. The lowest BCUT2D eigenvalue weighted by Crippen LogP contribution is -2.41. The molecule has 6 heteroatoms. The molecule has 1 aromatic carbocycles. The molecule has 0 N–H and O–H groups in total. The molecule has 0 heterocycles. The largest absolute Gasteiger partial charge is 0.372 e. The highest BCUT2D eigenvalue weighted by molar-refractivity contribution is 6.30. The lowest BCUT2D eigenvalue weighted by molar-refractivity contribution is -0.127. The normalized spacial score (nSPS) is 12.6. The van der Waals surface area contributed by atoms with E-state index in [4.69, 9.17) is 16.3 Å². The Morgan fingerprint density at radius 1 is 1.50 bits per heavy atom. The van der Waals surface area contributed by atoms with E-state index in [1.165, 1.54) is 20.1 Å². The van der Waals surface area contributed by atoms with E-state index >= 15 is 0 Å². The Bertz CT molecular complexity index is 415. The van der Waals surface area contributed by atoms with Gasteiger partial charge in [0.05, 0.1) is 6.54 Å². The average Bonchev–Trinajstić information content (AvgIpc) is 2.34. The van der Waals surface area contributed by atoms with Gasteiger partial charge in [0.25, 0.3) is 12.3 Å². The molecule has 0 unspecified atom stereocenters. The van der Waals surface area contributed by atoms with Crippen molar-refractivity contribution < 1.29 is 18.3 Å². The molecule has 1 amide bonds.